The summed E-state index contributed by atoms with van der Waals surface area (Å²) in [6.45, 7) is 10.9. The van der Waals surface area contributed by atoms with E-state index in [2.05, 4.69) is 156 Å². The summed E-state index contributed by atoms with van der Waals surface area (Å²) in [5.74, 6) is 1.00. The van der Waals surface area contributed by atoms with Crippen LogP contribution in [-0.2, 0) is 47.1 Å². The molecule has 43 heavy (non-hydrogen) atoms. The van der Waals surface area contributed by atoms with Gasteiger partial charge in [0.05, 0.1) is 0 Å². The van der Waals surface area contributed by atoms with Crippen molar-refractivity contribution >= 4 is 40.0 Å². The maximum Gasteiger partial charge on any atom is 3.00 e. The van der Waals surface area contributed by atoms with Crippen LogP contribution in [0.3, 0.4) is 0 Å². The van der Waals surface area contributed by atoms with Crippen LogP contribution in [0.4, 0.5) is 0 Å². The quantitative estimate of drug-likeness (QED) is 0.218. The molecular formula is C37H36Cl4Zr2-. The van der Waals surface area contributed by atoms with Gasteiger partial charge in [0, 0.05) is 11.8 Å². The van der Waals surface area contributed by atoms with Gasteiger partial charge in [0.1, 0.15) is 0 Å². The van der Waals surface area contributed by atoms with Crippen molar-refractivity contribution in [3.8, 4) is 0 Å². The predicted molar refractivity (Wildman–Crippen MR) is 172 cm³/mol. The summed E-state index contributed by atoms with van der Waals surface area (Å²) in [5.41, 5.74) is 10.1. The Balaban J connectivity index is 0.000000320. The number of hydrogen-bond donors (Lipinski definition) is 0. The van der Waals surface area contributed by atoms with Crippen LogP contribution in [0.5, 0.6) is 0 Å². The SMILES string of the molecule is C1=CC(C2C=Cc3ccccc32)c2ccccc21.CC1=[C-]C(C)(C)C(C)=C1C.[Cl-].[Cl-].[Cl][Zr][Cl].[Zr+3].c1ccc2[cH-]ccc2c1. The van der Waals surface area contributed by atoms with Gasteiger partial charge in [0.25, 0.3) is 0 Å². The first-order valence-corrected chi connectivity index (χ1v) is 20.0. The van der Waals surface area contributed by atoms with Crippen LogP contribution < -0.4 is 24.8 Å². The van der Waals surface area contributed by atoms with Gasteiger partial charge >= 0.3 is 64.1 Å². The van der Waals surface area contributed by atoms with E-state index in [1.54, 1.807) is 0 Å². The molecule has 0 saturated carbocycles. The van der Waals surface area contributed by atoms with E-state index in [0.717, 1.165) is 0 Å². The van der Waals surface area contributed by atoms with Crippen LogP contribution >= 0.6 is 17.0 Å². The third kappa shape index (κ3) is 10.1. The Kier molecular flexibility index (Phi) is 17.7. The molecule has 0 heterocycles. The largest absolute Gasteiger partial charge is 3.00 e. The molecule has 0 spiro atoms. The number of halogens is 4. The van der Waals surface area contributed by atoms with Crippen molar-refractivity contribution in [1.29, 1.82) is 0 Å². The Morgan fingerprint density at radius 2 is 1.19 bits per heavy atom. The maximum atomic E-state index is 4.93. The minimum atomic E-state index is -0.826. The van der Waals surface area contributed by atoms with E-state index in [-0.39, 0.29) is 56.4 Å². The zero-order valence-corrected chi connectivity index (χ0v) is 33.1. The van der Waals surface area contributed by atoms with Crippen molar-refractivity contribution in [2.45, 2.75) is 46.5 Å². The summed E-state index contributed by atoms with van der Waals surface area (Å²) in [5, 5.41) is 2.66. The Labute approximate surface area is 308 Å². The molecule has 0 fully saturated rings. The molecular weight excluding hydrogens is 769 g/mol. The van der Waals surface area contributed by atoms with E-state index in [9.17, 15) is 0 Å². The minimum absolute atomic E-state index is 0. The molecule has 0 N–H and O–H groups in total. The van der Waals surface area contributed by atoms with Gasteiger partial charge in [-0.2, -0.15) is 28.7 Å². The molecule has 3 aliphatic rings. The topological polar surface area (TPSA) is 0 Å². The van der Waals surface area contributed by atoms with Gasteiger partial charge in [-0.05, 0) is 22.3 Å². The Hall–Kier alpha value is -0.844. The van der Waals surface area contributed by atoms with Crippen LogP contribution in [0.1, 0.15) is 68.7 Å². The van der Waals surface area contributed by atoms with Crippen molar-refractivity contribution in [2.75, 3.05) is 0 Å². The number of fused-ring (bicyclic) bond motifs is 3. The van der Waals surface area contributed by atoms with Crippen LogP contribution in [0.15, 0.2) is 120 Å². The van der Waals surface area contributed by atoms with Gasteiger partial charge in [-0.1, -0.05) is 112 Å². The first kappa shape index (κ1) is 40.2. The molecule has 0 amide bonds. The molecule has 4 aromatic carbocycles. The number of hydrogen-bond acceptors (Lipinski definition) is 0. The summed E-state index contributed by atoms with van der Waals surface area (Å²) in [4.78, 5) is 0. The zero-order chi connectivity index (χ0) is 28.7. The first-order chi connectivity index (χ1) is 19.3. The molecule has 0 aromatic heterocycles. The second-order valence-electron chi connectivity index (χ2n) is 10.9. The van der Waals surface area contributed by atoms with E-state index in [1.807, 2.05) is 0 Å². The number of rotatable bonds is 1. The van der Waals surface area contributed by atoms with Crippen LogP contribution in [0.2, 0.25) is 0 Å². The fourth-order valence-corrected chi connectivity index (χ4v) is 5.66. The Bertz CT molecular complexity index is 1490. The molecule has 3 aliphatic carbocycles. The smallest absolute Gasteiger partial charge is 0.168 e. The molecule has 0 saturated heterocycles. The predicted octanol–water partition coefficient (Wildman–Crippen LogP) is 5.66. The van der Waals surface area contributed by atoms with Gasteiger partial charge in [-0.3, -0.25) is 6.08 Å². The number of allylic oxidation sites excluding steroid dienone is 6. The van der Waals surface area contributed by atoms with E-state index in [4.69, 9.17) is 17.0 Å². The van der Waals surface area contributed by atoms with Crippen molar-refractivity contribution in [2.24, 2.45) is 5.41 Å². The molecule has 0 bridgehead atoms. The number of benzene rings is 3. The maximum absolute atomic E-state index is 4.93. The van der Waals surface area contributed by atoms with Gasteiger partial charge in [-0.25, -0.2) is 5.57 Å². The average Bonchev–Trinajstić information content (AvgIpc) is 3.73. The van der Waals surface area contributed by atoms with E-state index in [0.29, 0.717) is 11.8 Å². The van der Waals surface area contributed by atoms with E-state index >= 15 is 0 Å². The monoisotopic (exact) mass is 800 g/mol. The minimum Gasteiger partial charge on any atom is -0.168 e. The molecule has 4 aromatic rings. The summed E-state index contributed by atoms with van der Waals surface area (Å²) in [6, 6.07) is 32.1. The Morgan fingerprint density at radius 1 is 0.721 bits per heavy atom. The Morgan fingerprint density at radius 3 is 1.60 bits per heavy atom. The molecule has 2 atom stereocenters. The average molecular weight is 805 g/mol. The fraction of sp³-hybridized carbons (Fsp3) is 0.216. The third-order valence-corrected chi connectivity index (χ3v) is 8.17. The van der Waals surface area contributed by atoms with Gasteiger partial charge in [0.15, 0.2) is 0 Å². The molecule has 221 valence electrons. The van der Waals surface area contributed by atoms with Gasteiger partial charge < -0.3 is 24.8 Å². The summed E-state index contributed by atoms with van der Waals surface area (Å²) in [6.07, 6.45) is 12.7. The van der Waals surface area contributed by atoms with Crippen molar-refractivity contribution in [3.05, 3.63) is 148 Å². The van der Waals surface area contributed by atoms with Crippen LogP contribution in [-0.4, -0.2) is 0 Å². The zero-order valence-electron chi connectivity index (χ0n) is 25.1. The molecule has 6 heteroatoms. The van der Waals surface area contributed by atoms with Gasteiger partial charge in [-0.15, -0.1) is 36.6 Å². The molecule has 7 rings (SSSR count). The first-order valence-electron chi connectivity index (χ1n) is 13.7. The van der Waals surface area contributed by atoms with Crippen molar-refractivity contribution in [3.63, 3.8) is 0 Å². The molecule has 0 nitrogen and oxygen atoms in total. The second kappa shape index (κ2) is 19.0. The van der Waals surface area contributed by atoms with Crippen molar-refractivity contribution in [1.82, 2.24) is 0 Å². The van der Waals surface area contributed by atoms with E-state index in [1.165, 1.54) is 49.7 Å². The molecule has 1 radical (unpaired) electrons. The third-order valence-electron chi connectivity index (χ3n) is 8.17. The standard InChI is InChI=1S/C18H14.C10H15.C9H7.4ClH.2Zr/c1-3-7-15-13(5-1)9-11-17(15)18-12-10-14-6-2-4-8-16(14)18;1-7-6-10(4,5)9(3)8(7)2;1-2-5-9-7-3-6-8(9)4-1;;;;;;/h1-12,17-18H;1-5H3;1-7H;4*1H;;/q;2*-1;;;;;+2;+3/p-4. The van der Waals surface area contributed by atoms with Crippen LogP contribution in [0, 0.1) is 11.5 Å². The fourth-order valence-electron chi connectivity index (χ4n) is 5.66. The normalized spacial score (nSPS) is 17.6. The summed E-state index contributed by atoms with van der Waals surface area (Å²) >= 11 is -0.826. The summed E-state index contributed by atoms with van der Waals surface area (Å²) in [7, 11) is 9.87. The van der Waals surface area contributed by atoms with E-state index < -0.39 is 20.8 Å². The second-order valence-corrected chi connectivity index (χ2v) is 14.6. The summed E-state index contributed by atoms with van der Waals surface area (Å²) < 4.78 is 0. The molecule has 0 aliphatic heterocycles. The van der Waals surface area contributed by atoms with Crippen molar-refractivity contribution < 1.29 is 71.9 Å². The molecule has 2 unspecified atom stereocenters. The van der Waals surface area contributed by atoms with Crippen LogP contribution in [0.25, 0.3) is 22.9 Å². The van der Waals surface area contributed by atoms with Gasteiger partial charge in [0.2, 0.25) is 0 Å².